The average molecular weight is 381 g/mol. The minimum atomic E-state index is 0.192. The number of likely N-dealkylation sites (tertiary alicyclic amines) is 1. The lowest BCUT2D eigenvalue weighted by atomic mass is 9.95. The fourth-order valence-electron chi connectivity index (χ4n) is 4.02. The molecule has 3 saturated heterocycles. The fraction of sp³-hybridized carbons (Fsp3) is 0.833. The molecule has 3 aliphatic rings. The van der Waals surface area contributed by atoms with Gasteiger partial charge < -0.3 is 14.2 Å². The summed E-state index contributed by atoms with van der Waals surface area (Å²) < 4.78 is 10.9. The molecule has 0 spiro atoms. The molecule has 0 atom stereocenters. The first-order valence-electron chi connectivity index (χ1n) is 9.78. The van der Waals surface area contributed by atoms with Gasteiger partial charge in [0.15, 0.2) is 5.82 Å². The van der Waals surface area contributed by atoms with Crippen molar-refractivity contribution in [2.45, 2.75) is 38.1 Å². The van der Waals surface area contributed by atoms with Crippen molar-refractivity contribution < 1.29 is 14.1 Å². The Morgan fingerprint density at radius 2 is 1.81 bits per heavy atom. The van der Waals surface area contributed by atoms with Crippen LogP contribution in [-0.2, 0) is 16.1 Å². The van der Waals surface area contributed by atoms with Gasteiger partial charge >= 0.3 is 0 Å². The molecule has 1 amide bonds. The van der Waals surface area contributed by atoms with Crippen LogP contribution in [0.3, 0.4) is 0 Å². The second-order valence-corrected chi connectivity index (χ2v) is 8.65. The van der Waals surface area contributed by atoms with Crippen molar-refractivity contribution >= 4 is 17.7 Å². The molecule has 1 aromatic rings. The zero-order chi connectivity index (χ0) is 17.8. The SMILES string of the molecule is O=C(C1CCN(Cc2noc(C3CCOCC3)n2)CC1)N1CCSCC1. The quantitative estimate of drug-likeness (QED) is 0.788. The van der Waals surface area contributed by atoms with E-state index in [9.17, 15) is 4.79 Å². The van der Waals surface area contributed by atoms with Crippen LogP contribution in [0.4, 0.5) is 0 Å². The van der Waals surface area contributed by atoms with Crippen molar-refractivity contribution in [2.24, 2.45) is 5.92 Å². The van der Waals surface area contributed by atoms with Crippen molar-refractivity contribution in [1.29, 1.82) is 0 Å². The molecule has 0 bridgehead atoms. The number of rotatable bonds is 4. The lowest BCUT2D eigenvalue weighted by molar-refractivity contribution is -0.136. The number of thioether (sulfide) groups is 1. The van der Waals surface area contributed by atoms with E-state index in [4.69, 9.17) is 9.26 Å². The molecule has 3 aliphatic heterocycles. The number of aromatic nitrogens is 2. The van der Waals surface area contributed by atoms with Crippen LogP contribution in [0.5, 0.6) is 0 Å². The summed E-state index contributed by atoms with van der Waals surface area (Å²) in [6, 6.07) is 0. The van der Waals surface area contributed by atoms with Crippen molar-refractivity contribution in [1.82, 2.24) is 19.9 Å². The predicted octanol–water partition coefficient (Wildman–Crippen LogP) is 1.75. The maximum atomic E-state index is 12.6. The van der Waals surface area contributed by atoms with E-state index in [1.54, 1.807) is 0 Å². The Hall–Kier alpha value is -1.12. The van der Waals surface area contributed by atoms with E-state index >= 15 is 0 Å². The van der Waals surface area contributed by atoms with Gasteiger partial charge in [0.05, 0.1) is 6.54 Å². The van der Waals surface area contributed by atoms with E-state index in [0.29, 0.717) is 18.4 Å². The van der Waals surface area contributed by atoms with Crippen LogP contribution in [0, 0.1) is 5.92 Å². The predicted molar refractivity (Wildman–Crippen MR) is 99.0 cm³/mol. The number of hydrogen-bond acceptors (Lipinski definition) is 7. The molecule has 4 heterocycles. The van der Waals surface area contributed by atoms with Crippen molar-refractivity contribution in [3.63, 3.8) is 0 Å². The maximum Gasteiger partial charge on any atom is 0.229 e. The number of carbonyl (C=O) groups excluding carboxylic acids is 1. The highest BCUT2D eigenvalue weighted by Crippen LogP contribution is 2.26. The first kappa shape index (κ1) is 18.3. The molecule has 0 radical (unpaired) electrons. The summed E-state index contributed by atoms with van der Waals surface area (Å²) in [6.07, 6.45) is 3.80. The number of amides is 1. The largest absolute Gasteiger partial charge is 0.381 e. The molecule has 0 unspecified atom stereocenters. The van der Waals surface area contributed by atoms with Gasteiger partial charge in [0, 0.05) is 49.6 Å². The molecular formula is C18H28N4O3S. The molecule has 3 fully saturated rings. The highest BCUT2D eigenvalue weighted by molar-refractivity contribution is 7.99. The van der Waals surface area contributed by atoms with Crippen LogP contribution in [-0.4, -0.2) is 76.7 Å². The number of hydrogen-bond donors (Lipinski definition) is 0. The van der Waals surface area contributed by atoms with Gasteiger partial charge in [-0.15, -0.1) is 0 Å². The van der Waals surface area contributed by atoms with E-state index in [1.807, 2.05) is 11.8 Å². The van der Waals surface area contributed by atoms with Crippen LogP contribution in [0.1, 0.15) is 43.3 Å². The zero-order valence-corrected chi connectivity index (χ0v) is 16.1. The Kier molecular flexibility index (Phi) is 6.12. The molecular weight excluding hydrogens is 352 g/mol. The molecule has 0 N–H and O–H groups in total. The lowest BCUT2D eigenvalue weighted by Crippen LogP contribution is -2.45. The highest BCUT2D eigenvalue weighted by atomic mass is 32.2. The maximum absolute atomic E-state index is 12.6. The minimum Gasteiger partial charge on any atom is -0.381 e. The van der Waals surface area contributed by atoms with Crippen LogP contribution in [0.15, 0.2) is 4.52 Å². The zero-order valence-electron chi connectivity index (χ0n) is 15.3. The summed E-state index contributed by atoms with van der Waals surface area (Å²) >= 11 is 1.94. The van der Waals surface area contributed by atoms with E-state index in [1.165, 1.54) is 0 Å². The number of carbonyl (C=O) groups is 1. The van der Waals surface area contributed by atoms with Crippen LogP contribution in [0.2, 0.25) is 0 Å². The number of nitrogens with zero attached hydrogens (tertiary/aromatic N) is 4. The Balaban J connectivity index is 1.25. The Morgan fingerprint density at radius 1 is 1.08 bits per heavy atom. The Morgan fingerprint density at radius 3 is 2.54 bits per heavy atom. The number of ether oxygens (including phenoxy) is 1. The summed E-state index contributed by atoms with van der Waals surface area (Å²) in [5.41, 5.74) is 0. The summed E-state index contributed by atoms with van der Waals surface area (Å²) in [4.78, 5) is 21.7. The number of piperidine rings is 1. The van der Waals surface area contributed by atoms with Gasteiger partial charge in [-0.1, -0.05) is 5.16 Å². The molecule has 4 rings (SSSR count). The average Bonchev–Trinajstić information content (AvgIpc) is 3.18. The van der Waals surface area contributed by atoms with Gasteiger partial charge in [-0.2, -0.15) is 16.7 Å². The second-order valence-electron chi connectivity index (χ2n) is 7.42. The van der Waals surface area contributed by atoms with Crippen LogP contribution in [0.25, 0.3) is 0 Å². The third-order valence-corrected chi connectivity index (χ3v) is 6.62. The van der Waals surface area contributed by atoms with Crippen molar-refractivity contribution in [3.05, 3.63) is 11.7 Å². The van der Waals surface area contributed by atoms with Gasteiger partial charge in [-0.05, 0) is 38.8 Å². The first-order chi connectivity index (χ1) is 12.8. The summed E-state index contributed by atoms with van der Waals surface area (Å²) in [6.45, 7) is 5.97. The second kappa shape index (κ2) is 8.71. The van der Waals surface area contributed by atoms with Gasteiger partial charge in [-0.25, -0.2) is 0 Å². The molecule has 26 heavy (non-hydrogen) atoms. The van der Waals surface area contributed by atoms with E-state index in [2.05, 4.69) is 19.9 Å². The summed E-state index contributed by atoms with van der Waals surface area (Å²) in [7, 11) is 0. The Bertz CT molecular complexity index is 591. The third-order valence-electron chi connectivity index (χ3n) is 5.68. The van der Waals surface area contributed by atoms with Gasteiger partial charge in [-0.3, -0.25) is 9.69 Å². The standard InChI is InChI=1S/C18H28N4O3S/c23-18(22-7-11-26-12-8-22)15-1-5-21(6-2-15)13-16-19-17(25-20-16)14-3-9-24-10-4-14/h14-15H,1-13H2. The van der Waals surface area contributed by atoms with E-state index in [-0.39, 0.29) is 5.92 Å². The minimum absolute atomic E-state index is 0.192. The summed E-state index contributed by atoms with van der Waals surface area (Å²) in [5.74, 6) is 4.59. The van der Waals surface area contributed by atoms with Crippen LogP contribution >= 0.6 is 11.8 Å². The molecule has 0 aliphatic carbocycles. The monoisotopic (exact) mass is 380 g/mol. The summed E-state index contributed by atoms with van der Waals surface area (Å²) in [5, 5.41) is 4.17. The molecule has 7 nitrogen and oxygen atoms in total. The lowest BCUT2D eigenvalue weighted by Gasteiger charge is -2.35. The highest BCUT2D eigenvalue weighted by Gasteiger charge is 2.30. The fourth-order valence-corrected chi connectivity index (χ4v) is 4.93. The van der Waals surface area contributed by atoms with E-state index < -0.39 is 0 Å². The van der Waals surface area contributed by atoms with Crippen LogP contribution < -0.4 is 0 Å². The topological polar surface area (TPSA) is 71.7 Å². The molecule has 1 aromatic heterocycles. The first-order valence-corrected chi connectivity index (χ1v) is 10.9. The van der Waals surface area contributed by atoms with Gasteiger partial charge in [0.2, 0.25) is 11.8 Å². The smallest absolute Gasteiger partial charge is 0.229 e. The van der Waals surface area contributed by atoms with E-state index in [0.717, 1.165) is 88.3 Å². The van der Waals surface area contributed by atoms with Gasteiger partial charge in [0.1, 0.15) is 0 Å². The van der Waals surface area contributed by atoms with Crippen molar-refractivity contribution in [3.8, 4) is 0 Å². The molecule has 8 heteroatoms. The molecule has 0 saturated carbocycles. The molecule has 0 aromatic carbocycles. The normalized spacial score (nSPS) is 24.1. The van der Waals surface area contributed by atoms with Crippen molar-refractivity contribution in [2.75, 3.05) is 50.9 Å². The molecule has 144 valence electrons. The Labute approximate surface area is 158 Å². The third kappa shape index (κ3) is 4.40. The van der Waals surface area contributed by atoms with Gasteiger partial charge in [0.25, 0.3) is 0 Å².